The lowest BCUT2D eigenvalue weighted by atomic mass is 10.2. The van der Waals surface area contributed by atoms with Crippen molar-refractivity contribution in [3.63, 3.8) is 0 Å². The smallest absolute Gasteiger partial charge is 0.113 e. The second-order valence-electron chi connectivity index (χ2n) is 2.12. The predicted octanol–water partition coefficient (Wildman–Crippen LogP) is 2.39. The standard InChI is InChI=1S/C9H8IN/c1-2-8-3-4-9(5-6-10)11-7-8/h3-4,7H,2H2,1H3. The molecule has 2 heteroatoms. The zero-order valence-corrected chi connectivity index (χ0v) is 8.42. The van der Waals surface area contributed by atoms with Gasteiger partial charge in [-0.25, -0.2) is 4.98 Å². The van der Waals surface area contributed by atoms with Gasteiger partial charge in [0.25, 0.3) is 0 Å². The van der Waals surface area contributed by atoms with Crippen molar-refractivity contribution in [2.24, 2.45) is 0 Å². The molecular weight excluding hydrogens is 249 g/mol. The quantitative estimate of drug-likeness (QED) is 0.556. The van der Waals surface area contributed by atoms with Crippen LogP contribution in [0.1, 0.15) is 18.2 Å². The first-order valence-corrected chi connectivity index (χ1v) is 4.51. The third-order valence-electron chi connectivity index (χ3n) is 1.41. The Morgan fingerprint density at radius 2 is 2.36 bits per heavy atom. The summed E-state index contributed by atoms with van der Waals surface area (Å²) in [4.78, 5) is 4.16. The summed E-state index contributed by atoms with van der Waals surface area (Å²) in [5, 5.41) is 0. The van der Waals surface area contributed by atoms with E-state index in [2.05, 4.69) is 27.8 Å². The normalized spacial score (nSPS) is 8.55. The monoisotopic (exact) mass is 257 g/mol. The minimum absolute atomic E-state index is 0.844. The molecule has 0 aliphatic carbocycles. The fourth-order valence-corrected chi connectivity index (χ4v) is 1.03. The number of pyridine rings is 1. The molecule has 0 atom stereocenters. The number of nitrogens with zero attached hydrogens (tertiary/aromatic N) is 1. The van der Waals surface area contributed by atoms with Gasteiger partial charge in [-0.15, -0.1) is 0 Å². The van der Waals surface area contributed by atoms with Crippen LogP contribution in [0, 0.1) is 9.85 Å². The Morgan fingerprint density at radius 1 is 1.55 bits per heavy atom. The highest BCUT2D eigenvalue weighted by atomic mass is 127. The molecule has 0 aliphatic rings. The molecule has 0 amide bonds. The van der Waals surface area contributed by atoms with Gasteiger partial charge in [-0.2, -0.15) is 0 Å². The summed E-state index contributed by atoms with van der Waals surface area (Å²) in [6, 6.07) is 4.01. The van der Waals surface area contributed by atoms with Gasteiger partial charge in [-0.05, 0) is 27.9 Å². The van der Waals surface area contributed by atoms with Crippen molar-refractivity contribution in [3.8, 4) is 9.85 Å². The molecule has 1 heterocycles. The van der Waals surface area contributed by atoms with Crippen molar-refractivity contribution in [2.75, 3.05) is 0 Å². The lowest BCUT2D eigenvalue weighted by molar-refractivity contribution is 1.10. The molecule has 0 saturated carbocycles. The molecule has 0 aromatic carbocycles. The van der Waals surface area contributed by atoms with E-state index in [0.717, 1.165) is 12.1 Å². The van der Waals surface area contributed by atoms with Crippen LogP contribution in [0.2, 0.25) is 0 Å². The first-order chi connectivity index (χ1) is 5.36. The van der Waals surface area contributed by atoms with Crippen LogP contribution in [-0.2, 0) is 6.42 Å². The number of hydrogen-bond donors (Lipinski definition) is 0. The lowest BCUT2D eigenvalue weighted by Gasteiger charge is -1.93. The van der Waals surface area contributed by atoms with E-state index in [0.29, 0.717) is 0 Å². The van der Waals surface area contributed by atoms with E-state index < -0.39 is 0 Å². The molecule has 0 N–H and O–H groups in total. The van der Waals surface area contributed by atoms with Crippen LogP contribution in [0.5, 0.6) is 0 Å². The zero-order chi connectivity index (χ0) is 8.10. The fraction of sp³-hybridized carbons (Fsp3) is 0.222. The summed E-state index contributed by atoms with van der Waals surface area (Å²) >= 11 is 2.01. The summed E-state index contributed by atoms with van der Waals surface area (Å²) in [5.74, 6) is 2.88. The Hall–Kier alpha value is -0.560. The van der Waals surface area contributed by atoms with E-state index in [1.54, 1.807) is 0 Å². The molecule has 0 spiro atoms. The Labute approximate surface area is 80.4 Å². The van der Waals surface area contributed by atoms with Gasteiger partial charge in [0.15, 0.2) is 0 Å². The van der Waals surface area contributed by atoms with Gasteiger partial charge >= 0.3 is 0 Å². The third kappa shape index (κ3) is 2.51. The van der Waals surface area contributed by atoms with E-state index >= 15 is 0 Å². The van der Waals surface area contributed by atoms with Crippen LogP contribution in [0.3, 0.4) is 0 Å². The largest absolute Gasteiger partial charge is 0.247 e. The molecule has 0 unspecified atom stereocenters. The number of halogens is 1. The van der Waals surface area contributed by atoms with Gasteiger partial charge in [0.2, 0.25) is 0 Å². The molecule has 0 saturated heterocycles. The number of rotatable bonds is 1. The highest BCUT2D eigenvalue weighted by molar-refractivity contribution is 14.1. The maximum Gasteiger partial charge on any atom is 0.113 e. The molecule has 1 rings (SSSR count). The molecular formula is C9H8IN. The molecule has 0 aliphatic heterocycles. The van der Waals surface area contributed by atoms with Crippen LogP contribution in [0.15, 0.2) is 18.3 Å². The SMILES string of the molecule is CCc1ccc(C#CI)nc1. The first kappa shape index (κ1) is 8.54. The van der Waals surface area contributed by atoms with Crippen LogP contribution in [0.4, 0.5) is 0 Å². The summed E-state index contributed by atoms with van der Waals surface area (Å²) in [5.41, 5.74) is 2.10. The van der Waals surface area contributed by atoms with Gasteiger partial charge in [0.05, 0.1) is 0 Å². The van der Waals surface area contributed by atoms with Gasteiger partial charge in [-0.1, -0.05) is 13.0 Å². The van der Waals surface area contributed by atoms with Gasteiger partial charge in [0, 0.05) is 28.8 Å². The summed E-state index contributed by atoms with van der Waals surface area (Å²) in [6.07, 6.45) is 2.90. The molecule has 1 nitrogen and oxygen atoms in total. The van der Waals surface area contributed by atoms with E-state index in [1.807, 2.05) is 34.9 Å². The molecule has 56 valence electrons. The number of aromatic nitrogens is 1. The van der Waals surface area contributed by atoms with Crippen molar-refractivity contribution in [1.82, 2.24) is 4.98 Å². The maximum atomic E-state index is 4.16. The minimum Gasteiger partial charge on any atom is -0.247 e. The van der Waals surface area contributed by atoms with Crippen molar-refractivity contribution in [3.05, 3.63) is 29.6 Å². The maximum absolute atomic E-state index is 4.16. The highest BCUT2D eigenvalue weighted by Gasteiger charge is 1.88. The fourth-order valence-electron chi connectivity index (χ4n) is 0.756. The van der Waals surface area contributed by atoms with E-state index in [9.17, 15) is 0 Å². The summed E-state index contributed by atoms with van der Waals surface area (Å²) in [7, 11) is 0. The number of aryl methyl sites for hydroxylation is 1. The Bertz CT molecular complexity index is 279. The molecule has 0 fully saturated rings. The third-order valence-corrected chi connectivity index (χ3v) is 1.68. The second-order valence-corrected chi connectivity index (χ2v) is 2.66. The molecule has 1 aromatic heterocycles. The Kier molecular flexibility index (Phi) is 3.37. The van der Waals surface area contributed by atoms with Crippen molar-refractivity contribution in [1.29, 1.82) is 0 Å². The average Bonchev–Trinajstić information content (AvgIpc) is 2.07. The molecule has 11 heavy (non-hydrogen) atoms. The minimum atomic E-state index is 0.844. The molecule has 1 aromatic rings. The Balaban J connectivity index is 2.88. The molecule has 0 bridgehead atoms. The van der Waals surface area contributed by atoms with Crippen molar-refractivity contribution >= 4 is 22.6 Å². The first-order valence-electron chi connectivity index (χ1n) is 3.43. The van der Waals surface area contributed by atoms with Crippen LogP contribution >= 0.6 is 22.6 Å². The average molecular weight is 257 g/mol. The van der Waals surface area contributed by atoms with E-state index in [1.165, 1.54) is 5.56 Å². The lowest BCUT2D eigenvalue weighted by Crippen LogP contribution is -1.84. The summed E-state index contributed by atoms with van der Waals surface area (Å²) < 4.78 is 2.78. The van der Waals surface area contributed by atoms with Gasteiger partial charge < -0.3 is 0 Å². The van der Waals surface area contributed by atoms with E-state index in [4.69, 9.17) is 0 Å². The highest BCUT2D eigenvalue weighted by Crippen LogP contribution is 1.99. The zero-order valence-electron chi connectivity index (χ0n) is 6.26. The van der Waals surface area contributed by atoms with Crippen LogP contribution < -0.4 is 0 Å². The number of hydrogen-bond acceptors (Lipinski definition) is 1. The topological polar surface area (TPSA) is 12.9 Å². The van der Waals surface area contributed by atoms with Gasteiger partial charge in [0.1, 0.15) is 5.69 Å². The summed E-state index contributed by atoms with van der Waals surface area (Å²) in [6.45, 7) is 2.11. The van der Waals surface area contributed by atoms with Crippen molar-refractivity contribution < 1.29 is 0 Å². The Morgan fingerprint density at radius 3 is 2.82 bits per heavy atom. The van der Waals surface area contributed by atoms with Crippen LogP contribution in [-0.4, -0.2) is 4.98 Å². The van der Waals surface area contributed by atoms with Crippen LogP contribution in [0.25, 0.3) is 0 Å². The van der Waals surface area contributed by atoms with E-state index in [-0.39, 0.29) is 0 Å². The molecule has 0 radical (unpaired) electrons. The van der Waals surface area contributed by atoms with Crippen molar-refractivity contribution in [2.45, 2.75) is 13.3 Å². The predicted molar refractivity (Wildman–Crippen MR) is 54.5 cm³/mol. The second kappa shape index (κ2) is 4.35. The van der Waals surface area contributed by atoms with Gasteiger partial charge in [-0.3, -0.25) is 0 Å².